The number of amides is 1. The molecule has 1 aliphatic carbocycles. The maximum absolute atomic E-state index is 12.3. The smallest absolute Gasteiger partial charge is 0.255 e. The van der Waals surface area contributed by atoms with Crippen molar-refractivity contribution in [2.75, 3.05) is 19.6 Å². The minimum Gasteiger partial charge on any atom is -0.490 e. The second-order valence-corrected chi connectivity index (χ2v) is 5.71. The van der Waals surface area contributed by atoms with Crippen molar-refractivity contribution in [3.8, 4) is 5.75 Å². The van der Waals surface area contributed by atoms with E-state index in [4.69, 9.17) is 16.3 Å². The first-order chi connectivity index (χ1) is 10.2. The summed E-state index contributed by atoms with van der Waals surface area (Å²) in [6, 6.07) is 5.23. The van der Waals surface area contributed by atoms with E-state index in [1.165, 1.54) is 12.8 Å². The molecular weight excluding hydrogens is 288 g/mol. The highest BCUT2D eigenvalue weighted by molar-refractivity contribution is 6.31. The summed E-state index contributed by atoms with van der Waals surface area (Å²) in [6.07, 6.45) is 4.73. The van der Waals surface area contributed by atoms with E-state index in [0.717, 1.165) is 25.9 Å². The van der Waals surface area contributed by atoms with Gasteiger partial charge in [-0.15, -0.1) is 0 Å². The molecule has 1 aromatic carbocycles. The molecule has 0 unspecified atom stereocenters. The zero-order valence-electron chi connectivity index (χ0n) is 12.5. The quantitative estimate of drug-likeness (QED) is 0.761. The van der Waals surface area contributed by atoms with E-state index in [1.807, 2.05) is 6.92 Å². The van der Waals surface area contributed by atoms with Crippen LogP contribution in [0.2, 0.25) is 5.02 Å². The molecule has 2 rings (SSSR count). The number of carbonyl (C=O) groups excluding carboxylic acids is 1. The molecule has 1 amide bonds. The van der Waals surface area contributed by atoms with Gasteiger partial charge >= 0.3 is 0 Å². The lowest BCUT2D eigenvalue weighted by Crippen LogP contribution is -2.32. The first kappa shape index (κ1) is 16.1. The van der Waals surface area contributed by atoms with Gasteiger partial charge in [0, 0.05) is 18.1 Å². The summed E-state index contributed by atoms with van der Waals surface area (Å²) >= 11 is 6.01. The Kier molecular flexibility index (Phi) is 6.33. The second-order valence-electron chi connectivity index (χ2n) is 5.27. The van der Waals surface area contributed by atoms with Crippen molar-refractivity contribution in [3.63, 3.8) is 0 Å². The van der Waals surface area contributed by atoms with Crippen molar-refractivity contribution in [2.24, 2.45) is 0 Å². The number of hydrogen-bond donors (Lipinski definition) is 2. The highest BCUT2D eigenvalue weighted by Crippen LogP contribution is 2.28. The van der Waals surface area contributed by atoms with Crippen molar-refractivity contribution < 1.29 is 9.53 Å². The van der Waals surface area contributed by atoms with E-state index in [1.54, 1.807) is 18.2 Å². The average molecular weight is 311 g/mol. The van der Waals surface area contributed by atoms with Gasteiger partial charge in [-0.05, 0) is 50.4 Å². The molecule has 4 nitrogen and oxygen atoms in total. The summed E-state index contributed by atoms with van der Waals surface area (Å²) < 4.78 is 5.97. The van der Waals surface area contributed by atoms with Crippen LogP contribution in [0.3, 0.4) is 0 Å². The third-order valence-corrected chi connectivity index (χ3v) is 3.85. The maximum Gasteiger partial charge on any atom is 0.255 e. The van der Waals surface area contributed by atoms with Gasteiger partial charge in [0.25, 0.3) is 5.91 Å². The Hall–Kier alpha value is -1.26. The average Bonchev–Trinajstić information content (AvgIpc) is 2.98. The lowest BCUT2D eigenvalue weighted by atomic mass is 10.1. The van der Waals surface area contributed by atoms with Crippen molar-refractivity contribution >= 4 is 17.5 Å². The van der Waals surface area contributed by atoms with Crippen LogP contribution in [0.25, 0.3) is 0 Å². The number of carbonyl (C=O) groups is 1. The number of rotatable bonds is 7. The first-order valence-electron chi connectivity index (χ1n) is 7.66. The van der Waals surface area contributed by atoms with Gasteiger partial charge in [-0.25, -0.2) is 0 Å². The minimum absolute atomic E-state index is 0.136. The van der Waals surface area contributed by atoms with Crippen LogP contribution in [-0.2, 0) is 0 Å². The highest BCUT2D eigenvalue weighted by atomic mass is 35.5. The third-order valence-electron chi connectivity index (χ3n) is 3.62. The molecule has 0 aliphatic heterocycles. The van der Waals surface area contributed by atoms with E-state index in [-0.39, 0.29) is 12.0 Å². The zero-order chi connectivity index (χ0) is 15.1. The summed E-state index contributed by atoms with van der Waals surface area (Å²) in [7, 11) is 0. The highest BCUT2D eigenvalue weighted by Gasteiger charge is 2.20. The van der Waals surface area contributed by atoms with Crippen LogP contribution in [0, 0.1) is 0 Å². The molecule has 0 aromatic heterocycles. The van der Waals surface area contributed by atoms with Gasteiger partial charge in [0.1, 0.15) is 5.75 Å². The largest absolute Gasteiger partial charge is 0.490 e. The fourth-order valence-electron chi connectivity index (χ4n) is 2.50. The third kappa shape index (κ3) is 4.90. The first-order valence-corrected chi connectivity index (χ1v) is 8.03. The summed E-state index contributed by atoms with van der Waals surface area (Å²) in [5, 5.41) is 6.60. The van der Waals surface area contributed by atoms with Crippen LogP contribution in [0.1, 0.15) is 43.0 Å². The Morgan fingerprint density at radius 1 is 1.33 bits per heavy atom. The molecule has 1 fully saturated rings. The monoisotopic (exact) mass is 310 g/mol. The van der Waals surface area contributed by atoms with Crippen LogP contribution < -0.4 is 15.4 Å². The Morgan fingerprint density at radius 2 is 2.10 bits per heavy atom. The van der Waals surface area contributed by atoms with Gasteiger partial charge in [-0.3, -0.25) is 4.79 Å². The van der Waals surface area contributed by atoms with Crippen molar-refractivity contribution in [3.05, 3.63) is 28.8 Å². The molecular formula is C16H23ClN2O2. The number of benzene rings is 1. The number of ether oxygens (including phenoxy) is 1. The maximum atomic E-state index is 12.3. The molecule has 0 radical (unpaired) electrons. The number of likely N-dealkylation sites (N-methyl/N-ethyl adjacent to an activating group) is 1. The summed E-state index contributed by atoms with van der Waals surface area (Å²) in [5.41, 5.74) is 0.519. The molecule has 0 saturated heterocycles. The lowest BCUT2D eigenvalue weighted by molar-refractivity contribution is 0.0946. The van der Waals surface area contributed by atoms with Gasteiger partial charge in [0.05, 0.1) is 11.7 Å². The zero-order valence-corrected chi connectivity index (χ0v) is 13.2. The fourth-order valence-corrected chi connectivity index (χ4v) is 2.68. The van der Waals surface area contributed by atoms with Crippen LogP contribution >= 0.6 is 11.6 Å². The molecule has 1 saturated carbocycles. The Bertz CT molecular complexity index is 473. The molecule has 116 valence electrons. The molecule has 21 heavy (non-hydrogen) atoms. The number of halogens is 1. The van der Waals surface area contributed by atoms with E-state index >= 15 is 0 Å². The predicted octanol–water partition coefficient (Wildman–Crippen LogP) is 3.00. The topological polar surface area (TPSA) is 50.4 Å². The van der Waals surface area contributed by atoms with E-state index in [0.29, 0.717) is 22.9 Å². The standard InChI is InChI=1S/C16H23ClN2O2/c1-2-18-9-10-19-16(20)14-11-12(17)7-8-15(14)21-13-5-3-4-6-13/h7-8,11,13,18H,2-6,9-10H2,1H3,(H,19,20). The van der Waals surface area contributed by atoms with E-state index in [9.17, 15) is 4.79 Å². The van der Waals surface area contributed by atoms with Gasteiger partial charge in [-0.1, -0.05) is 18.5 Å². The van der Waals surface area contributed by atoms with Crippen LogP contribution in [0.15, 0.2) is 18.2 Å². The van der Waals surface area contributed by atoms with E-state index < -0.39 is 0 Å². The normalized spacial score (nSPS) is 15.1. The lowest BCUT2D eigenvalue weighted by Gasteiger charge is -2.16. The molecule has 0 atom stereocenters. The SMILES string of the molecule is CCNCCNC(=O)c1cc(Cl)ccc1OC1CCCC1. The molecule has 2 N–H and O–H groups in total. The molecule has 0 heterocycles. The number of nitrogens with one attached hydrogen (secondary N) is 2. The van der Waals surface area contributed by atoms with Gasteiger partial charge in [0.2, 0.25) is 0 Å². The van der Waals surface area contributed by atoms with Crippen molar-refractivity contribution in [1.82, 2.24) is 10.6 Å². The van der Waals surface area contributed by atoms with E-state index in [2.05, 4.69) is 10.6 Å². The van der Waals surface area contributed by atoms with Crippen LogP contribution in [0.4, 0.5) is 0 Å². The van der Waals surface area contributed by atoms with Crippen molar-refractivity contribution in [1.29, 1.82) is 0 Å². The van der Waals surface area contributed by atoms with Gasteiger partial charge in [-0.2, -0.15) is 0 Å². The number of hydrogen-bond acceptors (Lipinski definition) is 3. The predicted molar refractivity (Wildman–Crippen MR) is 85.2 cm³/mol. The van der Waals surface area contributed by atoms with Crippen LogP contribution in [0.5, 0.6) is 5.75 Å². The van der Waals surface area contributed by atoms with Crippen molar-refractivity contribution in [2.45, 2.75) is 38.7 Å². The molecule has 0 spiro atoms. The van der Waals surface area contributed by atoms with Gasteiger partial charge < -0.3 is 15.4 Å². The van der Waals surface area contributed by atoms with Crippen LogP contribution in [-0.4, -0.2) is 31.6 Å². The minimum atomic E-state index is -0.136. The Balaban J connectivity index is 2.01. The Morgan fingerprint density at radius 3 is 2.81 bits per heavy atom. The van der Waals surface area contributed by atoms with Gasteiger partial charge in [0.15, 0.2) is 0 Å². The molecule has 0 bridgehead atoms. The fraction of sp³-hybridized carbons (Fsp3) is 0.562. The summed E-state index contributed by atoms with van der Waals surface area (Å²) in [4.78, 5) is 12.3. The summed E-state index contributed by atoms with van der Waals surface area (Å²) in [5.74, 6) is 0.496. The summed E-state index contributed by atoms with van der Waals surface area (Å²) in [6.45, 7) is 4.26. The molecule has 1 aromatic rings. The second kappa shape index (κ2) is 8.25. The molecule has 1 aliphatic rings. The molecule has 5 heteroatoms. The Labute approximate surface area is 131 Å².